The van der Waals surface area contributed by atoms with Gasteiger partial charge in [-0.15, -0.1) is 0 Å². The number of aromatic nitrogens is 3. The van der Waals surface area contributed by atoms with E-state index >= 15 is 0 Å². The lowest BCUT2D eigenvalue weighted by atomic mass is 10.1. The van der Waals surface area contributed by atoms with Crippen LogP contribution in [0.15, 0.2) is 24.3 Å². The van der Waals surface area contributed by atoms with E-state index in [1.165, 1.54) is 5.56 Å². The van der Waals surface area contributed by atoms with Gasteiger partial charge in [-0.3, -0.25) is 4.79 Å². The fraction of sp³-hybridized carbons (Fsp3) is 0.353. The van der Waals surface area contributed by atoms with Gasteiger partial charge in [0.15, 0.2) is 11.5 Å². The number of carbonyl (C=O) groups excluding carboxylic acids is 1. The Hall–Kier alpha value is -2.43. The van der Waals surface area contributed by atoms with Gasteiger partial charge in [-0.25, -0.2) is 9.67 Å². The van der Waals surface area contributed by atoms with Crippen molar-refractivity contribution in [3.63, 3.8) is 0 Å². The second-order valence-corrected chi connectivity index (χ2v) is 5.86. The van der Waals surface area contributed by atoms with Crippen LogP contribution in [0.3, 0.4) is 0 Å². The van der Waals surface area contributed by atoms with Crippen molar-refractivity contribution in [3.05, 3.63) is 29.8 Å². The lowest BCUT2D eigenvalue weighted by Crippen LogP contribution is -2.18. The smallest absolute Gasteiger partial charge is 0.228 e. The second kappa shape index (κ2) is 5.40. The molecule has 0 aliphatic carbocycles. The van der Waals surface area contributed by atoms with Gasteiger partial charge in [-0.1, -0.05) is 25.5 Å². The maximum absolute atomic E-state index is 12.0. The van der Waals surface area contributed by atoms with E-state index < -0.39 is 0 Å². The van der Waals surface area contributed by atoms with Crippen molar-refractivity contribution in [1.29, 1.82) is 0 Å². The number of hydrogen-bond donors (Lipinski definition) is 1. The lowest BCUT2D eigenvalue weighted by Gasteiger charge is -2.05. The van der Waals surface area contributed by atoms with E-state index in [1.54, 1.807) is 0 Å². The van der Waals surface area contributed by atoms with E-state index in [0.717, 1.165) is 21.9 Å². The Morgan fingerprint density at radius 1 is 1.32 bits per heavy atom. The molecule has 3 aromatic rings. The lowest BCUT2D eigenvalue weighted by molar-refractivity contribution is -0.118. The zero-order chi connectivity index (χ0) is 15.9. The molecular weight excluding hydrogens is 276 g/mol. The molecule has 0 unspecified atom stereocenters. The van der Waals surface area contributed by atoms with E-state index in [4.69, 9.17) is 4.98 Å². The van der Waals surface area contributed by atoms with Gasteiger partial charge in [0.1, 0.15) is 0 Å². The summed E-state index contributed by atoms with van der Waals surface area (Å²) in [7, 11) is 0. The molecule has 0 spiro atoms. The summed E-state index contributed by atoms with van der Waals surface area (Å²) in [5.41, 5.74) is 2.93. The number of hydrogen-bond acceptors (Lipinski definition) is 3. The van der Waals surface area contributed by atoms with Crippen molar-refractivity contribution in [2.45, 2.75) is 34.2 Å². The van der Waals surface area contributed by atoms with Crippen LogP contribution in [0.1, 0.15) is 26.3 Å². The molecule has 0 fully saturated rings. The number of benzene rings is 1. The van der Waals surface area contributed by atoms with Crippen LogP contribution in [0.25, 0.3) is 21.9 Å². The maximum Gasteiger partial charge on any atom is 0.228 e. The third kappa shape index (κ3) is 2.43. The van der Waals surface area contributed by atoms with Crippen LogP contribution < -0.4 is 5.32 Å². The van der Waals surface area contributed by atoms with Crippen molar-refractivity contribution in [1.82, 2.24) is 14.8 Å². The number of nitrogens with one attached hydrogen (secondary N) is 1. The molecule has 2 heterocycles. The average molecular weight is 296 g/mol. The highest BCUT2D eigenvalue weighted by Crippen LogP contribution is 2.26. The predicted molar refractivity (Wildman–Crippen MR) is 88.9 cm³/mol. The molecule has 5 heteroatoms. The molecule has 22 heavy (non-hydrogen) atoms. The number of aryl methyl sites for hydroxylation is 2. The van der Waals surface area contributed by atoms with Gasteiger partial charge in [0.25, 0.3) is 0 Å². The standard InChI is InChI=1S/C17H20N4O/c1-5-21-16-13(15(20-21)19-17(22)10(2)3)9-12-8-11(4)6-7-14(12)18-16/h6-10H,5H2,1-4H3,(H,19,20,22). The molecule has 0 bridgehead atoms. The second-order valence-electron chi connectivity index (χ2n) is 5.86. The normalized spacial score (nSPS) is 11.5. The van der Waals surface area contributed by atoms with Gasteiger partial charge in [-0.05, 0) is 32.0 Å². The zero-order valence-electron chi connectivity index (χ0n) is 13.3. The molecule has 0 saturated heterocycles. The quantitative estimate of drug-likeness (QED) is 0.804. The minimum atomic E-state index is -0.0857. The van der Waals surface area contributed by atoms with Gasteiger partial charge >= 0.3 is 0 Å². The topological polar surface area (TPSA) is 59.8 Å². The van der Waals surface area contributed by atoms with Crippen LogP contribution in [0.5, 0.6) is 0 Å². The van der Waals surface area contributed by atoms with E-state index in [-0.39, 0.29) is 11.8 Å². The maximum atomic E-state index is 12.0. The molecule has 1 aromatic carbocycles. The van der Waals surface area contributed by atoms with Crippen LogP contribution in [0.2, 0.25) is 0 Å². The average Bonchev–Trinajstić information content (AvgIpc) is 2.82. The third-order valence-electron chi connectivity index (χ3n) is 3.74. The molecule has 0 aliphatic rings. The Morgan fingerprint density at radius 2 is 2.09 bits per heavy atom. The van der Waals surface area contributed by atoms with Crippen molar-refractivity contribution >= 4 is 33.7 Å². The van der Waals surface area contributed by atoms with Gasteiger partial charge in [0.2, 0.25) is 5.91 Å². The first-order chi connectivity index (χ1) is 10.5. The molecule has 0 radical (unpaired) electrons. The highest BCUT2D eigenvalue weighted by molar-refractivity contribution is 6.03. The highest BCUT2D eigenvalue weighted by Gasteiger charge is 2.16. The van der Waals surface area contributed by atoms with Gasteiger partial charge in [-0.2, -0.15) is 5.10 Å². The molecule has 0 saturated carbocycles. The molecule has 1 amide bonds. The summed E-state index contributed by atoms with van der Waals surface area (Å²) in [4.78, 5) is 16.7. The predicted octanol–water partition coefficient (Wildman–Crippen LogP) is 3.51. The number of pyridine rings is 1. The molecule has 2 aromatic heterocycles. The van der Waals surface area contributed by atoms with Crippen LogP contribution in [0.4, 0.5) is 5.82 Å². The van der Waals surface area contributed by atoms with Gasteiger partial charge in [0, 0.05) is 17.8 Å². The number of anilines is 1. The Balaban J connectivity index is 2.22. The summed E-state index contributed by atoms with van der Waals surface area (Å²) in [5, 5.41) is 9.35. The van der Waals surface area contributed by atoms with E-state index in [1.807, 2.05) is 31.5 Å². The molecule has 1 N–H and O–H groups in total. The first-order valence-corrected chi connectivity index (χ1v) is 7.58. The summed E-state index contributed by atoms with van der Waals surface area (Å²) < 4.78 is 1.82. The monoisotopic (exact) mass is 296 g/mol. The van der Waals surface area contributed by atoms with E-state index in [9.17, 15) is 4.79 Å². The number of nitrogens with zero attached hydrogens (tertiary/aromatic N) is 3. The summed E-state index contributed by atoms with van der Waals surface area (Å²) in [6.07, 6.45) is 0. The molecule has 3 rings (SSSR count). The fourth-order valence-corrected chi connectivity index (χ4v) is 2.45. The Kier molecular flexibility index (Phi) is 3.56. The SMILES string of the molecule is CCn1nc(NC(=O)C(C)C)c2cc3cc(C)ccc3nc21. The van der Waals surface area contributed by atoms with Crippen molar-refractivity contribution < 1.29 is 4.79 Å². The molecule has 5 nitrogen and oxygen atoms in total. The van der Waals surface area contributed by atoms with Gasteiger partial charge < -0.3 is 5.32 Å². The van der Waals surface area contributed by atoms with Crippen LogP contribution >= 0.6 is 0 Å². The van der Waals surface area contributed by atoms with Crippen molar-refractivity contribution in [2.75, 3.05) is 5.32 Å². The van der Waals surface area contributed by atoms with Crippen molar-refractivity contribution in [3.8, 4) is 0 Å². The first kappa shape index (κ1) is 14.5. The highest BCUT2D eigenvalue weighted by atomic mass is 16.1. The van der Waals surface area contributed by atoms with Crippen LogP contribution in [-0.2, 0) is 11.3 Å². The summed E-state index contributed by atoms with van der Waals surface area (Å²) in [5.74, 6) is 0.468. The Morgan fingerprint density at radius 3 is 2.77 bits per heavy atom. The molecule has 0 atom stereocenters. The summed E-state index contributed by atoms with van der Waals surface area (Å²) >= 11 is 0. The molecular formula is C17H20N4O. The minimum Gasteiger partial charge on any atom is -0.308 e. The Bertz CT molecular complexity index is 864. The van der Waals surface area contributed by atoms with Crippen molar-refractivity contribution in [2.24, 2.45) is 5.92 Å². The van der Waals surface area contributed by atoms with Crippen LogP contribution in [0, 0.1) is 12.8 Å². The number of amides is 1. The van der Waals surface area contributed by atoms with Crippen LogP contribution in [-0.4, -0.2) is 20.7 Å². The zero-order valence-corrected chi connectivity index (χ0v) is 13.3. The van der Waals surface area contributed by atoms with E-state index in [0.29, 0.717) is 12.4 Å². The minimum absolute atomic E-state index is 0.0352. The van der Waals surface area contributed by atoms with E-state index in [2.05, 4.69) is 35.5 Å². The fourth-order valence-electron chi connectivity index (χ4n) is 2.45. The van der Waals surface area contributed by atoms with Gasteiger partial charge in [0.05, 0.1) is 10.9 Å². The Labute approximate surface area is 129 Å². The molecule has 114 valence electrons. The first-order valence-electron chi connectivity index (χ1n) is 7.58. The number of rotatable bonds is 3. The summed E-state index contributed by atoms with van der Waals surface area (Å²) in [6.45, 7) is 8.51. The number of carbonyl (C=O) groups is 1. The largest absolute Gasteiger partial charge is 0.308 e. The summed E-state index contributed by atoms with van der Waals surface area (Å²) in [6, 6.07) is 8.22. The third-order valence-corrected chi connectivity index (χ3v) is 3.74. The number of fused-ring (bicyclic) bond motifs is 2. The molecule has 0 aliphatic heterocycles.